The molecule has 1 heterocycles. The highest BCUT2D eigenvalue weighted by molar-refractivity contribution is 7.89. The van der Waals surface area contributed by atoms with Crippen LogP contribution in [-0.4, -0.2) is 62.3 Å². The molecule has 0 amide bonds. The van der Waals surface area contributed by atoms with E-state index in [2.05, 4.69) is 0 Å². The number of benzene rings is 1. The number of halogens is 1. The Kier molecular flexibility index (Phi) is 5.59. The molecule has 0 radical (unpaired) electrons. The molecule has 8 nitrogen and oxygen atoms in total. The van der Waals surface area contributed by atoms with Crippen LogP contribution in [0.15, 0.2) is 17.0 Å². The Bertz CT molecular complexity index is 737. The van der Waals surface area contributed by atoms with Gasteiger partial charge in [0.2, 0.25) is 10.0 Å². The maximum Gasteiger partial charge on any atom is 0.310 e. The molecule has 1 aromatic carbocycles. The predicted octanol–water partition coefficient (Wildman–Crippen LogP) is 0.813. The maximum atomic E-state index is 12.9. The van der Waals surface area contributed by atoms with Crippen LogP contribution in [-0.2, 0) is 14.8 Å². The number of carbonyl (C=O) groups is 1. The van der Waals surface area contributed by atoms with E-state index in [1.54, 1.807) is 0 Å². The highest BCUT2D eigenvalue weighted by Gasteiger charge is 2.39. The van der Waals surface area contributed by atoms with Gasteiger partial charge in [-0.1, -0.05) is 11.6 Å². The molecule has 0 aromatic heterocycles. The van der Waals surface area contributed by atoms with Crippen LogP contribution in [0.1, 0.15) is 6.42 Å². The van der Waals surface area contributed by atoms with E-state index in [1.165, 1.54) is 26.4 Å². The quantitative estimate of drug-likeness (QED) is 0.778. The number of rotatable bonds is 5. The predicted molar refractivity (Wildman–Crippen MR) is 85.1 cm³/mol. The van der Waals surface area contributed by atoms with Crippen LogP contribution in [0, 0.1) is 5.92 Å². The Morgan fingerprint density at radius 3 is 2.46 bits per heavy atom. The van der Waals surface area contributed by atoms with Gasteiger partial charge < -0.3 is 19.7 Å². The number of sulfonamides is 1. The molecule has 0 unspecified atom stereocenters. The topological polar surface area (TPSA) is 113 Å². The molecular formula is C14H18ClNO7S. The SMILES string of the molecule is COc1cc(S(=O)(=O)N2CC[C@@H](O)[C@@H](C(=O)O)C2)c(OC)cc1Cl. The van der Waals surface area contributed by atoms with Gasteiger partial charge in [-0.2, -0.15) is 4.31 Å². The Labute approximate surface area is 144 Å². The van der Waals surface area contributed by atoms with Crippen molar-refractivity contribution in [2.45, 2.75) is 17.4 Å². The number of hydrogen-bond donors (Lipinski definition) is 2. The average molecular weight is 380 g/mol. The van der Waals surface area contributed by atoms with Gasteiger partial charge in [0.15, 0.2) is 0 Å². The number of carboxylic acid groups (broad SMARTS) is 1. The third-order valence-corrected chi connectivity index (χ3v) is 6.09. The van der Waals surface area contributed by atoms with Crippen molar-refractivity contribution in [2.75, 3.05) is 27.3 Å². The van der Waals surface area contributed by atoms with Crippen LogP contribution in [0.4, 0.5) is 0 Å². The summed E-state index contributed by atoms with van der Waals surface area (Å²) in [5, 5.41) is 19.1. The minimum atomic E-state index is -4.05. The molecule has 0 saturated carbocycles. The molecule has 1 aliphatic rings. The van der Waals surface area contributed by atoms with E-state index in [0.29, 0.717) is 0 Å². The molecule has 10 heteroatoms. The Morgan fingerprint density at radius 2 is 1.92 bits per heavy atom. The molecule has 1 aromatic rings. The number of aliphatic carboxylic acids is 1. The minimum absolute atomic E-state index is 0.00137. The summed E-state index contributed by atoms with van der Waals surface area (Å²) in [4.78, 5) is 11.0. The number of carboxylic acids is 1. The number of ether oxygens (including phenoxy) is 2. The standard InChI is InChI=1S/C14H18ClNO7S/c1-22-11-6-13(12(23-2)5-9(11)15)24(20,21)16-4-3-10(17)8(7-16)14(18)19/h5-6,8,10,17H,3-4,7H2,1-2H3,(H,18,19)/t8-,10+/m0/s1. The first-order valence-electron chi connectivity index (χ1n) is 7.05. The second-order valence-electron chi connectivity index (χ2n) is 5.30. The lowest BCUT2D eigenvalue weighted by Gasteiger charge is -2.33. The summed E-state index contributed by atoms with van der Waals surface area (Å²) in [6.07, 6.45) is -1.06. The Morgan fingerprint density at radius 1 is 1.29 bits per heavy atom. The van der Waals surface area contributed by atoms with Crippen molar-refractivity contribution in [3.05, 3.63) is 17.2 Å². The van der Waals surface area contributed by atoms with Crippen molar-refractivity contribution in [1.29, 1.82) is 0 Å². The van der Waals surface area contributed by atoms with E-state index in [1.807, 2.05) is 0 Å². The molecule has 2 N–H and O–H groups in total. The van der Waals surface area contributed by atoms with Crippen LogP contribution in [0.25, 0.3) is 0 Å². The van der Waals surface area contributed by atoms with Gasteiger partial charge in [-0.15, -0.1) is 0 Å². The molecule has 2 rings (SSSR count). The molecule has 0 bridgehead atoms. The zero-order valence-electron chi connectivity index (χ0n) is 13.1. The number of piperidine rings is 1. The van der Waals surface area contributed by atoms with Crippen LogP contribution in [0.2, 0.25) is 5.02 Å². The lowest BCUT2D eigenvalue weighted by molar-refractivity contribution is -0.147. The normalized spacial score (nSPS) is 22.2. The number of methoxy groups -OCH3 is 2. The zero-order valence-corrected chi connectivity index (χ0v) is 14.7. The van der Waals surface area contributed by atoms with E-state index in [9.17, 15) is 18.3 Å². The zero-order chi connectivity index (χ0) is 18.1. The van der Waals surface area contributed by atoms with Crippen molar-refractivity contribution in [1.82, 2.24) is 4.31 Å². The second kappa shape index (κ2) is 7.14. The van der Waals surface area contributed by atoms with Crippen LogP contribution < -0.4 is 9.47 Å². The molecule has 0 spiro atoms. The van der Waals surface area contributed by atoms with E-state index in [-0.39, 0.29) is 40.9 Å². The summed E-state index contributed by atoms with van der Waals surface area (Å²) >= 11 is 5.98. The lowest BCUT2D eigenvalue weighted by Crippen LogP contribution is -2.48. The van der Waals surface area contributed by atoms with Crippen LogP contribution in [0.5, 0.6) is 11.5 Å². The van der Waals surface area contributed by atoms with Gasteiger partial charge in [0, 0.05) is 25.2 Å². The first-order chi connectivity index (χ1) is 11.2. The fourth-order valence-corrected chi connectivity index (χ4v) is 4.41. The summed E-state index contributed by atoms with van der Waals surface area (Å²) in [6, 6.07) is 2.55. The average Bonchev–Trinajstić information content (AvgIpc) is 2.54. The second-order valence-corrected chi connectivity index (χ2v) is 7.61. The van der Waals surface area contributed by atoms with Crippen molar-refractivity contribution in [2.24, 2.45) is 5.92 Å². The molecule has 2 atom stereocenters. The first kappa shape index (κ1) is 18.8. The van der Waals surface area contributed by atoms with Crippen molar-refractivity contribution >= 4 is 27.6 Å². The number of aliphatic hydroxyl groups is 1. The molecule has 1 saturated heterocycles. The lowest BCUT2D eigenvalue weighted by atomic mass is 9.96. The third-order valence-electron chi connectivity index (χ3n) is 3.91. The van der Waals surface area contributed by atoms with Gasteiger partial charge in [0.05, 0.1) is 31.3 Å². The highest BCUT2D eigenvalue weighted by Crippen LogP contribution is 2.37. The smallest absolute Gasteiger partial charge is 0.310 e. The van der Waals surface area contributed by atoms with Crippen molar-refractivity contribution in [3.63, 3.8) is 0 Å². The fourth-order valence-electron chi connectivity index (χ4n) is 2.54. The molecular weight excluding hydrogens is 362 g/mol. The summed E-state index contributed by atoms with van der Waals surface area (Å²) in [5.74, 6) is -2.25. The number of hydrogen-bond acceptors (Lipinski definition) is 6. The fraction of sp³-hybridized carbons (Fsp3) is 0.500. The largest absolute Gasteiger partial charge is 0.495 e. The van der Waals surface area contributed by atoms with E-state index in [4.69, 9.17) is 26.2 Å². The van der Waals surface area contributed by atoms with Crippen molar-refractivity contribution < 1.29 is 32.9 Å². The Balaban J connectivity index is 2.45. The van der Waals surface area contributed by atoms with Crippen LogP contribution >= 0.6 is 11.6 Å². The van der Waals surface area contributed by atoms with Crippen molar-refractivity contribution in [3.8, 4) is 11.5 Å². The molecule has 134 valence electrons. The summed E-state index contributed by atoms with van der Waals surface area (Å²) in [7, 11) is -1.40. The molecule has 0 aliphatic carbocycles. The Hall–Kier alpha value is -1.55. The number of aliphatic hydroxyl groups excluding tert-OH is 1. The summed E-state index contributed by atoms with van der Waals surface area (Å²) in [6.45, 7) is -0.325. The molecule has 1 fully saturated rings. The van der Waals surface area contributed by atoms with Crippen LogP contribution in [0.3, 0.4) is 0 Å². The van der Waals surface area contributed by atoms with Gasteiger partial charge in [-0.3, -0.25) is 4.79 Å². The maximum absolute atomic E-state index is 12.9. The first-order valence-corrected chi connectivity index (χ1v) is 8.86. The van der Waals surface area contributed by atoms with E-state index < -0.39 is 28.0 Å². The molecule has 1 aliphatic heterocycles. The van der Waals surface area contributed by atoms with E-state index >= 15 is 0 Å². The van der Waals surface area contributed by atoms with E-state index in [0.717, 1.165) is 4.31 Å². The van der Waals surface area contributed by atoms with Gasteiger partial charge >= 0.3 is 5.97 Å². The summed E-state index contributed by atoms with van der Waals surface area (Å²) < 4.78 is 36.9. The minimum Gasteiger partial charge on any atom is -0.495 e. The van der Waals surface area contributed by atoms with Gasteiger partial charge in [0.25, 0.3) is 0 Å². The number of nitrogens with zero attached hydrogens (tertiary/aromatic N) is 1. The third kappa shape index (κ3) is 3.44. The van der Waals surface area contributed by atoms with Gasteiger partial charge in [-0.25, -0.2) is 8.42 Å². The molecule has 24 heavy (non-hydrogen) atoms. The van der Waals surface area contributed by atoms with Gasteiger partial charge in [0.1, 0.15) is 16.4 Å². The monoisotopic (exact) mass is 379 g/mol. The highest BCUT2D eigenvalue weighted by atomic mass is 35.5. The summed E-state index contributed by atoms with van der Waals surface area (Å²) in [5.41, 5.74) is 0. The van der Waals surface area contributed by atoms with Gasteiger partial charge in [-0.05, 0) is 6.42 Å².